The molecule has 14 heteroatoms. The monoisotopic (exact) mass is 544 g/mol. The van der Waals surface area contributed by atoms with E-state index in [9.17, 15) is 30.7 Å². The molecule has 1 aliphatic carbocycles. The van der Waals surface area contributed by atoms with Crippen LogP contribution in [0.2, 0.25) is 0 Å². The third-order valence-electron chi connectivity index (χ3n) is 7.02. The SMILES string of the molecule is Cc1cc(N2CC3CCC(C2)C3Cc2nc(Oc3ccc(F)c(C(F)(F)F)c3)n(CC(F)(F)F)n2)ncn1. The van der Waals surface area contributed by atoms with Crippen molar-refractivity contribution in [3.05, 3.63) is 53.5 Å². The molecule has 1 saturated carbocycles. The number of fused-ring (bicyclic) bond motifs is 2. The molecule has 0 radical (unpaired) electrons. The van der Waals surface area contributed by atoms with Crippen LogP contribution in [0.15, 0.2) is 30.6 Å². The Kier molecular flexibility index (Phi) is 6.68. The molecular weight excluding hydrogens is 521 g/mol. The van der Waals surface area contributed by atoms with E-state index >= 15 is 0 Å². The highest BCUT2D eigenvalue weighted by Crippen LogP contribution is 2.44. The van der Waals surface area contributed by atoms with Crippen molar-refractivity contribution in [3.63, 3.8) is 0 Å². The van der Waals surface area contributed by atoms with Crippen LogP contribution >= 0.6 is 0 Å². The van der Waals surface area contributed by atoms with Crippen LogP contribution in [0.25, 0.3) is 0 Å². The topological polar surface area (TPSA) is 69.0 Å². The van der Waals surface area contributed by atoms with Gasteiger partial charge in [-0.2, -0.15) is 36.4 Å². The lowest BCUT2D eigenvalue weighted by molar-refractivity contribution is -0.143. The fourth-order valence-corrected chi connectivity index (χ4v) is 5.38. The molecule has 1 aliphatic heterocycles. The molecule has 2 atom stereocenters. The quantitative estimate of drug-likeness (QED) is 0.377. The van der Waals surface area contributed by atoms with Gasteiger partial charge in [0, 0.05) is 31.3 Å². The molecule has 5 rings (SSSR count). The lowest BCUT2D eigenvalue weighted by atomic mass is 9.82. The summed E-state index contributed by atoms with van der Waals surface area (Å²) in [6.45, 7) is 1.78. The average Bonchev–Trinajstić information content (AvgIpc) is 3.27. The first-order valence-corrected chi connectivity index (χ1v) is 11.9. The van der Waals surface area contributed by atoms with E-state index in [1.807, 2.05) is 13.0 Å². The predicted octanol–water partition coefficient (Wildman–Crippen LogP) is 5.59. The number of anilines is 1. The van der Waals surface area contributed by atoms with E-state index in [1.165, 1.54) is 6.33 Å². The molecule has 7 nitrogen and oxygen atoms in total. The summed E-state index contributed by atoms with van der Waals surface area (Å²) >= 11 is 0. The van der Waals surface area contributed by atoms with Crippen molar-refractivity contribution < 1.29 is 35.5 Å². The predicted molar refractivity (Wildman–Crippen MR) is 120 cm³/mol. The van der Waals surface area contributed by atoms with Gasteiger partial charge in [0.15, 0.2) is 5.82 Å². The maximum Gasteiger partial charge on any atom is 0.419 e. The first-order chi connectivity index (χ1) is 17.9. The Morgan fingerprint density at radius 2 is 1.71 bits per heavy atom. The number of aromatic nitrogens is 5. The van der Waals surface area contributed by atoms with Gasteiger partial charge >= 0.3 is 18.4 Å². The molecule has 3 aromatic rings. The van der Waals surface area contributed by atoms with Gasteiger partial charge in [-0.15, -0.1) is 0 Å². The Labute approximate surface area is 212 Å². The maximum atomic E-state index is 13.6. The highest BCUT2D eigenvalue weighted by Gasteiger charge is 2.43. The number of ether oxygens (including phenoxy) is 1. The van der Waals surface area contributed by atoms with E-state index in [0.717, 1.165) is 43.5 Å². The second-order valence-electron chi connectivity index (χ2n) is 9.71. The summed E-state index contributed by atoms with van der Waals surface area (Å²) in [6, 6.07) is 3.10. The number of aryl methyl sites for hydroxylation is 1. The minimum absolute atomic E-state index is 0.107. The van der Waals surface area contributed by atoms with E-state index in [4.69, 9.17) is 4.74 Å². The smallest absolute Gasteiger partial charge is 0.419 e. The highest BCUT2D eigenvalue weighted by atomic mass is 19.4. The number of hydrogen-bond donors (Lipinski definition) is 0. The van der Waals surface area contributed by atoms with Crippen LogP contribution in [-0.2, 0) is 19.1 Å². The Balaban J connectivity index is 1.36. The second-order valence-corrected chi connectivity index (χ2v) is 9.71. The molecule has 38 heavy (non-hydrogen) atoms. The highest BCUT2D eigenvalue weighted by molar-refractivity contribution is 5.40. The molecule has 2 aliphatic rings. The van der Waals surface area contributed by atoms with Crippen LogP contribution in [0, 0.1) is 30.5 Å². The van der Waals surface area contributed by atoms with Crippen molar-refractivity contribution in [2.24, 2.45) is 17.8 Å². The first-order valence-electron chi connectivity index (χ1n) is 11.9. The lowest BCUT2D eigenvalue weighted by Crippen LogP contribution is -2.43. The van der Waals surface area contributed by atoms with Gasteiger partial charge in [-0.1, -0.05) is 0 Å². The molecule has 1 saturated heterocycles. The van der Waals surface area contributed by atoms with Crippen LogP contribution in [0.4, 0.5) is 36.6 Å². The van der Waals surface area contributed by atoms with Gasteiger partial charge < -0.3 is 9.64 Å². The fraction of sp³-hybridized carbons (Fsp3) is 0.500. The van der Waals surface area contributed by atoms with E-state index < -0.39 is 42.0 Å². The standard InChI is InChI=1S/C24H23F7N6O/c1-13-6-21(33-12-32-13)36-9-14-2-3-15(10-36)17(14)8-20-34-22(37(35-20)11-23(26,27)28)38-16-4-5-19(25)18(7-16)24(29,30)31/h4-7,12,14-15,17H,2-3,8-11H2,1H3. The normalized spacial score (nSPS) is 21.7. The summed E-state index contributed by atoms with van der Waals surface area (Å²) in [6.07, 6.45) is -5.99. The summed E-state index contributed by atoms with van der Waals surface area (Å²) < 4.78 is 98.3. The van der Waals surface area contributed by atoms with Gasteiger partial charge in [-0.3, -0.25) is 0 Å². The molecular formula is C24H23F7N6O. The number of nitrogens with zero attached hydrogens (tertiary/aromatic N) is 6. The molecule has 1 aromatic carbocycles. The molecule has 2 bridgehead atoms. The van der Waals surface area contributed by atoms with Crippen molar-refractivity contribution in [3.8, 4) is 11.8 Å². The van der Waals surface area contributed by atoms with Crippen molar-refractivity contribution in [2.75, 3.05) is 18.0 Å². The van der Waals surface area contributed by atoms with Crippen LogP contribution in [0.5, 0.6) is 11.8 Å². The van der Waals surface area contributed by atoms with Crippen molar-refractivity contribution >= 4 is 5.82 Å². The molecule has 3 heterocycles. The summed E-state index contributed by atoms with van der Waals surface area (Å²) in [5.74, 6) is -0.490. The van der Waals surface area contributed by atoms with E-state index in [2.05, 4.69) is 25.0 Å². The van der Waals surface area contributed by atoms with Gasteiger partial charge in [0.05, 0.1) is 5.56 Å². The Bertz CT molecular complexity index is 1290. The zero-order valence-electron chi connectivity index (χ0n) is 20.1. The van der Waals surface area contributed by atoms with Crippen molar-refractivity contribution in [1.29, 1.82) is 0 Å². The zero-order chi connectivity index (χ0) is 27.2. The number of halogens is 7. The Hall–Kier alpha value is -3.45. The third kappa shape index (κ3) is 5.68. The van der Waals surface area contributed by atoms with E-state index in [0.29, 0.717) is 23.2 Å². The summed E-state index contributed by atoms with van der Waals surface area (Å²) in [5.41, 5.74) is -0.751. The van der Waals surface area contributed by atoms with Crippen LogP contribution in [-0.4, -0.2) is 44.0 Å². The van der Waals surface area contributed by atoms with Crippen molar-refractivity contribution in [2.45, 2.75) is 45.1 Å². The fourth-order valence-electron chi connectivity index (χ4n) is 5.38. The number of hydrogen-bond acceptors (Lipinski definition) is 6. The zero-order valence-corrected chi connectivity index (χ0v) is 20.1. The maximum absolute atomic E-state index is 13.6. The average molecular weight is 544 g/mol. The van der Waals surface area contributed by atoms with E-state index in [-0.39, 0.29) is 23.6 Å². The van der Waals surface area contributed by atoms with E-state index in [1.54, 1.807) is 0 Å². The van der Waals surface area contributed by atoms with Crippen LogP contribution < -0.4 is 9.64 Å². The summed E-state index contributed by atoms with van der Waals surface area (Å²) in [7, 11) is 0. The Morgan fingerprint density at radius 3 is 2.34 bits per heavy atom. The minimum Gasteiger partial charge on any atom is -0.424 e. The van der Waals surface area contributed by atoms with Gasteiger partial charge in [-0.05, 0) is 55.7 Å². The largest absolute Gasteiger partial charge is 0.424 e. The number of piperidine rings is 1. The molecule has 2 aromatic heterocycles. The van der Waals surface area contributed by atoms with Gasteiger partial charge in [0.25, 0.3) is 0 Å². The first kappa shape index (κ1) is 26.2. The lowest BCUT2D eigenvalue weighted by Gasteiger charge is -2.38. The van der Waals surface area contributed by atoms with Gasteiger partial charge in [0.2, 0.25) is 0 Å². The second kappa shape index (κ2) is 9.70. The number of alkyl halides is 6. The molecule has 2 fully saturated rings. The van der Waals surface area contributed by atoms with Crippen LogP contribution in [0.3, 0.4) is 0 Å². The molecule has 2 unspecified atom stereocenters. The Morgan fingerprint density at radius 1 is 1.00 bits per heavy atom. The van der Waals surface area contributed by atoms with Crippen LogP contribution in [0.1, 0.15) is 29.9 Å². The number of benzene rings is 1. The van der Waals surface area contributed by atoms with Gasteiger partial charge in [-0.25, -0.2) is 19.0 Å². The molecule has 0 amide bonds. The summed E-state index contributed by atoms with van der Waals surface area (Å²) in [4.78, 5) is 14.8. The molecule has 204 valence electrons. The summed E-state index contributed by atoms with van der Waals surface area (Å²) in [5, 5.41) is 3.99. The third-order valence-corrected chi connectivity index (χ3v) is 7.02. The van der Waals surface area contributed by atoms with Crippen molar-refractivity contribution in [1.82, 2.24) is 24.7 Å². The number of rotatable bonds is 6. The molecule has 0 spiro atoms. The minimum atomic E-state index is -5.01. The van der Waals surface area contributed by atoms with Gasteiger partial charge in [0.1, 0.15) is 30.3 Å². The molecule has 0 N–H and O–H groups in total.